The number of nitrogens with zero attached hydrogens (tertiary/aromatic N) is 1. The number of carbonyl (C=O) groups excluding carboxylic acids is 2. The molecule has 238 valence electrons. The molecule has 0 aromatic heterocycles. The van der Waals surface area contributed by atoms with Crippen LogP contribution < -0.4 is 4.74 Å². The van der Waals surface area contributed by atoms with Crippen LogP contribution in [0.3, 0.4) is 0 Å². The van der Waals surface area contributed by atoms with Gasteiger partial charge in [0.1, 0.15) is 18.1 Å². The number of hydrogen-bond donors (Lipinski definition) is 1. The van der Waals surface area contributed by atoms with Crippen LogP contribution >= 0.6 is 15.9 Å². The second-order valence-corrected chi connectivity index (χ2v) is 14.0. The lowest BCUT2D eigenvalue weighted by Crippen LogP contribution is -2.42. The number of ether oxygens (including phenoxy) is 2. The van der Waals surface area contributed by atoms with Gasteiger partial charge >= 0.3 is 0 Å². The molecule has 4 atom stereocenters. The number of likely N-dealkylation sites (tertiary alicyclic amines) is 1. The lowest BCUT2D eigenvalue weighted by Gasteiger charge is -2.32. The second kappa shape index (κ2) is 13.6. The van der Waals surface area contributed by atoms with Crippen molar-refractivity contribution in [3.8, 4) is 11.5 Å². The maximum absolute atomic E-state index is 14.1. The third kappa shape index (κ3) is 6.19. The minimum Gasteiger partial charge on any atom is -0.507 e. The van der Waals surface area contributed by atoms with Crippen LogP contribution in [0.4, 0.5) is 0 Å². The molecule has 46 heavy (non-hydrogen) atoms. The molecule has 2 aliphatic carbocycles. The highest BCUT2D eigenvalue weighted by Crippen LogP contribution is 2.51. The monoisotopic (exact) mass is 681 g/mol. The predicted octanol–water partition coefficient (Wildman–Crippen LogP) is 8.20. The first-order valence-electron chi connectivity index (χ1n) is 16.6. The molecule has 7 rings (SSSR count). The maximum Gasteiger partial charge on any atom is 0.234 e. The number of aromatic hydroxyl groups is 1. The molecule has 6 nitrogen and oxygen atoms in total. The standard InChI is InChI=1S/C39H40BrNO5/c40-29-17-18-34(42)27(21-29)20-26(25-10-4-1-5-11-25)16-19-35-36-28(23-45-31-14-8-3-9-15-31)22-32-37(33(36)24-46-35)39(44)41(38(32)43)30-12-6-2-7-13-30/h1,3-5,8-11,14-15,17-18,20-21,30,32-33,35,37,42H,2,6-7,12-13,16,19,22-24H2/b26-20-/t32-,33+,35-,37-/m1/s1. The number of halogens is 1. The van der Waals surface area contributed by atoms with Gasteiger partial charge in [0.05, 0.1) is 24.5 Å². The van der Waals surface area contributed by atoms with Crippen molar-refractivity contribution >= 4 is 39.4 Å². The van der Waals surface area contributed by atoms with Crippen LogP contribution in [0.1, 0.15) is 62.5 Å². The Morgan fingerprint density at radius 3 is 2.43 bits per heavy atom. The van der Waals surface area contributed by atoms with Crippen molar-refractivity contribution in [2.75, 3.05) is 13.2 Å². The third-order valence-electron chi connectivity index (χ3n) is 10.3. The van der Waals surface area contributed by atoms with Crippen molar-refractivity contribution in [1.29, 1.82) is 0 Å². The SMILES string of the molecule is O=C1[C@@H]2[C@@H](CC(COc3ccccc3)=C3[C@@H](CC/C(=C/c4cc(Br)ccc4O)c4ccccc4)OC[C@@H]32)C(=O)N1C1CCCCC1. The molecule has 3 aromatic carbocycles. The fourth-order valence-electron chi connectivity index (χ4n) is 8.08. The molecule has 2 aliphatic heterocycles. The number of benzene rings is 3. The Morgan fingerprint density at radius 2 is 1.67 bits per heavy atom. The Balaban J connectivity index is 1.19. The number of para-hydroxylation sites is 1. The topological polar surface area (TPSA) is 76.1 Å². The fraction of sp³-hybridized carbons (Fsp3) is 0.385. The van der Waals surface area contributed by atoms with Crippen LogP contribution in [0.2, 0.25) is 0 Å². The minimum absolute atomic E-state index is 0.00439. The van der Waals surface area contributed by atoms with Crippen LogP contribution in [0, 0.1) is 17.8 Å². The Hall–Kier alpha value is -3.68. The van der Waals surface area contributed by atoms with Gasteiger partial charge in [0.25, 0.3) is 0 Å². The average molecular weight is 683 g/mol. The van der Waals surface area contributed by atoms with E-state index in [0.717, 1.165) is 63.8 Å². The number of phenolic OH excluding ortho intramolecular Hbond substituents is 1. The number of fused-ring (bicyclic) bond motifs is 3. The summed E-state index contributed by atoms with van der Waals surface area (Å²) in [6, 6.07) is 25.5. The smallest absolute Gasteiger partial charge is 0.234 e. The molecule has 1 N–H and O–H groups in total. The molecule has 7 heteroatoms. The zero-order valence-corrected chi connectivity index (χ0v) is 27.5. The summed E-state index contributed by atoms with van der Waals surface area (Å²) in [6.45, 7) is 0.807. The molecule has 2 saturated heterocycles. The van der Waals surface area contributed by atoms with Crippen LogP contribution in [-0.2, 0) is 14.3 Å². The fourth-order valence-corrected chi connectivity index (χ4v) is 8.46. The molecule has 1 saturated carbocycles. The summed E-state index contributed by atoms with van der Waals surface area (Å²) in [4.78, 5) is 29.6. The van der Waals surface area contributed by atoms with Gasteiger partial charge in [-0.2, -0.15) is 0 Å². The molecule has 3 aromatic rings. The van der Waals surface area contributed by atoms with Gasteiger partial charge in [-0.05, 0) is 90.8 Å². The number of carbonyl (C=O) groups is 2. The summed E-state index contributed by atoms with van der Waals surface area (Å²) in [6.07, 6.45) is 8.94. The first-order valence-corrected chi connectivity index (χ1v) is 17.4. The van der Waals surface area contributed by atoms with E-state index in [0.29, 0.717) is 32.5 Å². The molecule has 0 spiro atoms. The number of imide groups is 1. The highest BCUT2D eigenvalue weighted by Gasteiger charge is 2.58. The van der Waals surface area contributed by atoms with Gasteiger partial charge in [-0.25, -0.2) is 0 Å². The largest absolute Gasteiger partial charge is 0.507 e. The van der Waals surface area contributed by atoms with E-state index in [1.807, 2.05) is 66.7 Å². The maximum atomic E-state index is 14.1. The zero-order chi connectivity index (χ0) is 31.6. The van der Waals surface area contributed by atoms with E-state index in [-0.39, 0.29) is 47.5 Å². The Labute approximate surface area is 279 Å². The normalized spacial score (nSPS) is 25.2. The van der Waals surface area contributed by atoms with Crippen LogP contribution in [0.15, 0.2) is 94.5 Å². The number of rotatable bonds is 9. The van der Waals surface area contributed by atoms with E-state index in [2.05, 4.69) is 28.1 Å². The van der Waals surface area contributed by atoms with Gasteiger partial charge in [0.2, 0.25) is 11.8 Å². The molecule has 0 unspecified atom stereocenters. The van der Waals surface area contributed by atoms with Crippen LogP contribution in [-0.4, -0.2) is 47.2 Å². The average Bonchev–Trinajstić information content (AvgIpc) is 3.62. The lowest BCUT2D eigenvalue weighted by atomic mass is 9.69. The summed E-state index contributed by atoms with van der Waals surface area (Å²) in [5.74, 6) is 0.183. The second-order valence-electron chi connectivity index (χ2n) is 13.0. The summed E-state index contributed by atoms with van der Waals surface area (Å²) < 4.78 is 13.7. The molecule has 0 radical (unpaired) electrons. The zero-order valence-electron chi connectivity index (χ0n) is 25.9. The first-order chi connectivity index (χ1) is 22.5. The van der Waals surface area contributed by atoms with Crippen molar-refractivity contribution in [2.45, 2.75) is 63.5 Å². The molecule has 2 amide bonds. The molecular weight excluding hydrogens is 642 g/mol. The van der Waals surface area contributed by atoms with Gasteiger partial charge in [-0.3, -0.25) is 14.5 Å². The van der Waals surface area contributed by atoms with Crippen molar-refractivity contribution < 1.29 is 24.2 Å². The van der Waals surface area contributed by atoms with E-state index < -0.39 is 0 Å². The quantitative estimate of drug-likeness (QED) is 0.140. The van der Waals surface area contributed by atoms with E-state index >= 15 is 0 Å². The molecule has 3 fully saturated rings. The molecule has 2 heterocycles. The Kier molecular flexibility index (Phi) is 9.14. The molecule has 0 bridgehead atoms. The number of phenols is 1. The first kappa shape index (κ1) is 30.9. The van der Waals surface area contributed by atoms with E-state index in [1.165, 1.54) is 6.42 Å². The summed E-state index contributed by atoms with van der Waals surface area (Å²) >= 11 is 3.54. The highest BCUT2D eigenvalue weighted by molar-refractivity contribution is 9.10. The molecular formula is C39H40BrNO5. The van der Waals surface area contributed by atoms with Gasteiger partial charge in [-0.15, -0.1) is 0 Å². The van der Waals surface area contributed by atoms with E-state index in [1.54, 1.807) is 11.0 Å². The van der Waals surface area contributed by atoms with Gasteiger partial charge < -0.3 is 14.6 Å². The Bertz CT molecular complexity index is 1650. The summed E-state index contributed by atoms with van der Waals surface area (Å²) in [5, 5.41) is 10.6. The van der Waals surface area contributed by atoms with E-state index in [9.17, 15) is 14.7 Å². The van der Waals surface area contributed by atoms with Crippen molar-refractivity contribution in [3.05, 3.63) is 106 Å². The van der Waals surface area contributed by atoms with Gasteiger partial charge in [-0.1, -0.05) is 83.7 Å². The summed E-state index contributed by atoms with van der Waals surface area (Å²) in [7, 11) is 0. The van der Waals surface area contributed by atoms with Crippen molar-refractivity contribution in [2.24, 2.45) is 17.8 Å². The summed E-state index contributed by atoms with van der Waals surface area (Å²) in [5.41, 5.74) is 5.17. The van der Waals surface area contributed by atoms with Crippen LogP contribution in [0.5, 0.6) is 11.5 Å². The van der Waals surface area contributed by atoms with Crippen LogP contribution in [0.25, 0.3) is 11.6 Å². The predicted molar refractivity (Wildman–Crippen MR) is 182 cm³/mol. The van der Waals surface area contributed by atoms with Crippen molar-refractivity contribution in [3.63, 3.8) is 0 Å². The lowest BCUT2D eigenvalue weighted by molar-refractivity contribution is -0.143. The number of amides is 2. The van der Waals surface area contributed by atoms with Gasteiger partial charge in [0, 0.05) is 22.0 Å². The van der Waals surface area contributed by atoms with E-state index in [4.69, 9.17) is 9.47 Å². The number of allylic oxidation sites excluding steroid dienone is 1. The van der Waals surface area contributed by atoms with Gasteiger partial charge in [0.15, 0.2) is 0 Å². The van der Waals surface area contributed by atoms with Crippen molar-refractivity contribution in [1.82, 2.24) is 4.90 Å². The number of hydrogen-bond acceptors (Lipinski definition) is 5. The minimum atomic E-state index is -0.363. The Morgan fingerprint density at radius 1 is 0.935 bits per heavy atom. The highest BCUT2D eigenvalue weighted by atomic mass is 79.9. The third-order valence-corrected chi connectivity index (χ3v) is 10.8. The molecule has 4 aliphatic rings.